The van der Waals surface area contributed by atoms with Crippen LogP contribution in [0.4, 0.5) is 0 Å². The van der Waals surface area contributed by atoms with E-state index in [9.17, 15) is 4.79 Å². The Morgan fingerprint density at radius 2 is 2.25 bits per heavy atom. The molecule has 2 heterocycles. The van der Waals surface area contributed by atoms with Crippen LogP contribution in [0, 0.1) is 0 Å². The molecule has 6 heteroatoms. The van der Waals surface area contributed by atoms with Crippen LogP contribution in [0.1, 0.15) is 16.1 Å². The van der Waals surface area contributed by atoms with E-state index >= 15 is 0 Å². The summed E-state index contributed by atoms with van der Waals surface area (Å²) < 4.78 is 3.29. The van der Waals surface area contributed by atoms with Gasteiger partial charge in [-0.2, -0.15) is 10.2 Å². The Labute approximate surface area is 92.9 Å². The average molecular weight is 219 g/mol. The largest absolute Gasteiger partial charge is 0.346 e. The number of amides is 1. The highest BCUT2D eigenvalue weighted by atomic mass is 16.1. The molecule has 1 N–H and O–H groups in total. The maximum atomic E-state index is 11.6. The third kappa shape index (κ3) is 2.28. The topological polar surface area (TPSA) is 64.7 Å². The second-order valence-electron chi connectivity index (χ2n) is 3.57. The second kappa shape index (κ2) is 4.18. The van der Waals surface area contributed by atoms with Crippen molar-refractivity contribution < 1.29 is 4.79 Å². The van der Waals surface area contributed by atoms with Gasteiger partial charge in [-0.3, -0.25) is 14.2 Å². The van der Waals surface area contributed by atoms with Gasteiger partial charge in [0.05, 0.1) is 24.0 Å². The Morgan fingerprint density at radius 1 is 1.44 bits per heavy atom. The molecule has 1 amide bonds. The summed E-state index contributed by atoms with van der Waals surface area (Å²) in [6.07, 6.45) is 5.05. The number of carbonyl (C=O) groups excluding carboxylic acids is 1. The van der Waals surface area contributed by atoms with E-state index in [1.807, 2.05) is 19.3 Å². The highest BCUT2D eigenvalue weighted by Gasteiger charge is 2.07. The lowest BCUT2D eigenvalue weighted by molar-refractivity contribution is 0.0950. The summed E-state index contributed by atoms with van der Waals surface area (Å²) in [6, 6.07) is 1.86. The Morgan fingerprint density at radius 3 is 2.81 bits per heavy atom. The number of hydrogen-bond acceptors (Lipinski definition) is 3. The number of nitrogens with one attached hydrogen (secondary N) is 1. The lowest BCUT2D eigenvalue weighted by Gasteiger charge is -1.99. The summed E-state index contributed by atoms with van der Waals surface area (Å²) in [7, 11) is 3.61. The molecular weight excluding hydrogens is 206 g/mol. The molecule has 6 nitrogen and oxygen atoms in total. The van der Waals surface area contributed by atoms with E-state index in [0.717, 1.165) is 5.69 Å². The monoisotopic (exact) mass is 219 g/mol. The maximum Gasteiger partial charge on any atom is 0.254 e. The minimum absolute atomic E-state index is 0.140. The summed E-state index contributed by atoms with van der Waals surface area (Å²) in [5, 5.41) is 10.9. The van der Waals surface area contributed by atoms with Crippen molar-refractivity contribution in [3.8, 4) is 0 Å². The van der Waals surface area contributed by atoms with Crippen LogP contribution in [0.3, 0.4) is 0 Å². The second-order valence-corrected chi connectivity index (χ2v) is 3.57. The van der Waals surface area contributed by atoms with Crippen LogP contribution in [-0.2, 0) is 20.6 Å². The molecule has 0 unspecified atom stereocenters. The number of nitrogens with zero attached hydrogens (tertiary/aromatic N) is 4. The average Bonchev–Trinajstić information content (AvgIpc) is 2.84. The van der Waals surface area contributed by atoms with Gasteiger partial charge in [0.25, 0.3) is 5.91 Å². The fourth-order valence-electron chi connectivity index (χ4n) is 1.37. The highest BCUT2D eigenvalue weighted by molar-refractivity contribution is 5.93. The normalized spacial score (nSPS) is 10.4. The van der Waals surface area contributed by atoms with Gasteiger partial charge in [-0.15, -0.1) is 0 Å². The van der Waals surface area contributed by atoms with E-state index in [2.05, 4.69) is 15.5 Å². The Hall–Kier alpha value is -2.11. The Bertz CT molecular complexity index is 499. The molecule has 0 aliphatic carbocycles. The molecule has 0 radical (unpaired) electrons. The summed E-state index contributed by atoms with van der Waals surface area (Å²) >= 11 is 0. The smallest absolute Gasteiger partial charge is 0.254 e. The SMILES string of the molecule is Cn1cc(C(=O)NCc2ccn(C)n2)cn1. The maximum absolute atomic E-state index is 11.6. The molecule has 0 aliphatic rings. The molecule has 0 aliphatic heterocycles. The molecule has 2 aromatic heterocycles. The molecule has 2 rings (SSSR count). The minimum atomic E-state index is -0.140. The lowest BCUT2D eigenvalue weighted by atomic mass is 10.3. The van der Waals surface area contributed by atoms with Gasteiger partial charge in [-0.05, 0) is 6.07 Å². The predicted octanol–water partition coefficient (Wildman–Crippen LogP) is 0.0836. The first-order valence-corrected chi connectivity index (χ1v) is 4.90. The molecule has 2 aromatic rings. The molecule has 0 spiro atoms. The molecule has 0 aromatic carbocycles. The first kappa shape index (κ1) is 10.4. The van der Waals surface area contributed by atoms with E-state index in [0.29, 0.717) is 12.1 Å². The van der Waals surface area contributed by atoms with Crippen molar-refractivity contribution in [3.05, 3.63) is 35.9 Å². The molecule has 0 bridgehead atoms. The third-order valence-electron chi connectivity index (χ3n) is 2.17. The van der Waals surface area contributed by atoms with Crippen LogP contribution in [-0.4, -0.2) is 25.5 Å². The van der Waals surface area contributed by atoms with Crippen LogP contribution in [0.2, 0.25) is 0 Å². The van der Waals surface area contributed by atoms with Gasteiger partial charge in [0.15, 0.2) is 0 Å². The van der Waals surface area contributed by atoms with E-state index in [-0.39, 0.29) is 5.91 Å². The fourth-order valence-corrected chi connectivity index (χ4v) is 1.37. The first-order chi connectivity index (χ1) is 7.65. The van der Waals surface area contributed by atoms with Gasteiger partial charge < -0.3 is 5.32 Å². The Kier molecular flexibility index (Phi) is 2.72. The zero-order valence-corrected chi connectivity index (χ0v) is 9.21. The highest BCUT2D eigenvalue weighted by Crippen LogP contribution is 1.98. The van der Waals surface area contributed by atoms with E-state index in [4.69, 9.17) is 0 Å². The van der Waals surface area contributed by atoms with Crippen LogP contribution >= 0.6 is 0 Å². The van der Waals surface area contributed by atoms with Crippen molar-refractivity contribution in [3.63, 3.8) is 0 Å². The van der Waals surface area contributed by atoms with Gasteiger partial charge in [-0.25, -0.2) is 0 Å². The Balaban J connectivity index is 1.93. The van der Waals surface area contributed by atoms with Crippen LogP contribution in [0.15, 0.2) is 24.7 Å². The number of aromatic nitrogens is 4. The van der Waals surface area contributed by atoms with Crippen LogP contribution < -0.4 is 5.32 Å². The summed E-state index contributed by atoms with van der Waals surface area (Å²) in [4.78, 5) is 11.6. The molecule has 0 fully saturated rings. The number of carbonyl (C=O) groups is 1. The van der Waals surface area contributed by atoms with Crippen molar-refractivity contribution in [1.82, 2.24) is 24.9 Å². The predicted molar refractivity (Wildman–Crippen MR) is 57.6 cm³/mol. The van der Waals surface area contributed by atoms with Gasteiger partial charge in [-0.1, -0.05) is 0 Å². The molecule has 0 saturated heterocycles. The molecule has 84 valence electrons. The molecule has 16 heavy (non-hydrogen) atoms. The standard InChI is InChI=1S/C10H13N5O/c1-14-4-3-9(13-14)6-11-10(16)8-5-12-15(2)7-8/h3-5,7H,6H2,1-2H3,(H,11,16). The zero-order valence-electron chi connectivity index (χ0n) is 9.21. The van der Waals surface area contributed by atoms with Crippen molar-refractivity contribution >= 4 is 5.91 Å². The molecular formula is C10H13N5O. The van der Waals surface area contributed by atoms with Gasteiger partial charge in [0, 0.05) is 26.5 Å². The summed E-state index contributed by atoms with van der Waals surface area (Å²) in [5.74, 6) is -0.140. The van der Waals surface area contributed by atoms with Crippen LogP contribution in [0.5, 0.6) is 0 Å². The number of rotatable bonds is 3. The molecule has 0 saturated carbocycles. The zero-order chi connectivity index (χ0) is 11.5. The minimum Gasteiger partial charge on any atom is -0.346 e. The third-order valence-corrected chi connectivity index (χ3v) is 2.17. The van der Waals surface area contributed by atoms with E-state index in [1.54, 1.807) is 22.6 Å². The number of aryl methyl sites for hydroxylation is 2. The summed E-state index contributed by atoms with van der Waals surface area (Å²) in [6.45, 7) is 0.425. The van der Waals surface area contributed by atoms with Gasteiger partial charge in [0.1, 0.15) is 0 Å². The van der Waals surface area contributed by atoms with Crippen molar-refractivity contribution in [1.29, 1.82) is 0 Å². The summed E-state index contributed by atoms with van der Waals surface area (Å²) in [5.41, 5.74) is 1.39. The van der Waals surface area contributed by atoms with E-state index in [1.165, 1.54) is 6.20 Å². The van der Waals surface area contributed by atoms with E-state index < -0.39 is 0 Å². The van der Waals surface area contributed by atoms with Crippen LogP contribution in [0.25, 0.3) is 0 Å². The van der Waals surface area contributed by atoms with Crippen molar-refractivity contribution in [2.45, 2.75) is 6.54 Å². The first-order valence-electron chi connectivity index (χ1n) is 4.90. The number of hydrogen-bond donors (Lipinski definition) is 1. The van der Waals surface area contributed by atoms with Gasteiger partial charge >= 0.3 is 0 Å². The molecule has 0 atom stereocenters. The lowest BCUT2D eigenvalue weighted by Crippen LogP contribution is -2.22. The van der Waals surface area contributed by atoms with Crippen molar-refractivity contribution in [2.75, 3.05) is 0 Å². The fraction of sp³-hybridized carbons (Fsp3) is 0.300. The van der Waals surface area contributed by atoms with Gasteiger partial charge in [0.2, 0.25) is 0 Å². The van der Waals surface area contributed by atoms with Crippen molar-refractivity contribution in [2.24, 2.45) is 14.1 Å². The quantitative estimate of drug-likeness (QED) is 0.795.